The predicted molar refractivity (Wildman–Crippen MR) is 111 cm³/mol. The topological polar surface area (TPSA) is 120 Å². The molecule has 0 aliphatic heterocycles. The van der Waals surface area contributed by atoms with Gasteiger partial charge in [-0.15, -0.1) is 0 Å². The summed E-state index contributed by atoms with van der Waals surface area (Å²) in [6.07, 6.45) is 2.99. The molecule has 1 aromatic heterocycles. The van der Waals surface area contributed by atoms with Crippen LogP contribution in [0.15, 0.2) is 59.6 Å². The minimum atomic E-state index is -4.25. The third-order valence-corrected chi connectivity index (χ3v) is 6.40. The van der Waals surface area contributed by atoms with Crippen molar-refractivity contribution in [2.24, 2.45) is 0 Å². The maximum absolute atomic E-state index is 14.3. The van der Waals surface area contributed by atoms with Gasteiger partial charge in [-0.3, -0.25) is 9.71 Å². The summed E-state index contributed by atoms with van der Waals surface area (Å²) >= 11 is 0. The highest BCUT2D eigenvalue weighted by molar-refractivity contribution is 7.92. The van der Waals surface area contributed by atoms with Gasteiger partial charge in [-0.05, 0) is 66.8 Å². The smallest absolute Gasteiger partial charge is 0.335 e. The quantitative estimate of drug-likeness (QED) is 0.598. The summed E-state index contributed by atoms with van der Waals surface area (Å²) in [6.45, 7) is 0. The van der Waals surface area contributed by atoms with Crippen LogP contribution in [0.4, 0.5) is 10.1 Å². The van der Waals surface area contributed by atoms with E-state index in [1.165, 1.54) is 48.7 Å². The van der Waals surface area contributed by atoms with E-state index in [1.807, 2.05) is 6.07 Å². The number of benzene rings is 2. The second-order valence-corrected chi connectivity index (χ2v) is 8.79. The third kappa shape index (κ3) is 4.11. The standard InChI is InChI=1S/C22H16FN3O4S/c23-18-2-1-9-25-21(18)17-7-3-13(12-24)10-19(17)26-31(29,30)20-11-15(22(27)28)6-8-16(20)14-4-5-14/h1-3,6-11,14,26H,4-5H2,(H,27,28). The summed E-state index contributed by atoms with van der Waals surface area (Å²) in [7, 11) is -4.25. The highest BCUT2D eigenvalue weighted by atomic mass is 32.2. The summed E-state index contributed by atoms with van der Waals surface area (Å²) in [6, 6.07) is 12.7. The van der Waals surface area contributed by atoms with Crippen LogP contribution in [0.25, 0.3) is 11.3 Å². The van der Waals surface area contributed by atoms with E-state index in [-0.39, 0.29) is 38.9 Å². The van der Waals surface area contributed by atoms with E-state index in [0.717, 1.165) is 18.9 Å². The summed E-state index contributed by atoms with van der Waals surface area (Å²) in [5.41, 5.74) is 0.582. The number of halogens is 1. The number of aromatic carboxylic acids is 1. The summed E-state index contributed by atoms with van der Waals surface area (Å²) in [5.74, 6) is -1.87. The summed E-state index contributed by atoms with van der Waals surface area (Å²) in [4.78, 5) is 15.2. The number of aromatic nitrogens is 1. The minimum Gasteiger partial charge on any atom is -0.478 e. The van der Waals surface area contributed by atoms with Gasteiger partial charge in [-0.25, -0.2) is 17.6 Å². The Labute approximate surface area is 177 Å². The van der Waals surface area contributed by atoms with Gasteiger partial charge in [-0.2, -0.15) is 5.26 Å². The second kappa shape index (κ2) is 7.81. The van der Waals surface area contributed by atoms with Crippen molar-refractivity contribution in [3.8, 4) is 17.3 Å². The Morgan fingerprint density at radius 1 is 1.19 bits per heavy atom. The van der Waals surface area contributed by atoms with Crippen LogP contribution in [0, 0.1) is 17.1 Å². The summed E-state index contributed by atoms with van der Waals surface area (Å²) in [5, 5.41) is 18.5. The lowest BCUT2D eigenvalue weighted by Gasteiger charge is -2.16. The van der Waals surface area contributed by atoms with Gasteiger partial charge in [0.05, 0.1) is 27.8 Å². The minimum absolute atomic E-state index is 0.0286. The molecular weight excluding hydrogens is 421 g/mol. The Balaban J connectivity index is 1.84. The SMILES string of the molecule is N#Cc1ccc(-c2ncccc2F)c(NS(=O)(=O)c2cc(C(=O)O)ccc2C2CC2)c1. The molecule has 0 amide bonds. The first-order chi connectivity index (χ1) is 14.8. The van der Waals surface area contributed by atoms with Crippen LogP contribution in [0.1, 0.15) is 40.2 Å². The molecule has 0 bridgehead atoms. The van der Waals surface area contributed by atoms with Crippen LogP contribution < -0.4 is 4.72 Å². The first kappa shape index (κ1) is 20.5. The molecule has 0 radical (unpaired) electrons. The Morgan fingerprint density at radius 3 is 2.61 bits per heavy atom. The molecule has 2 N–H and O–H groups in total. The second-order valence-electron chi connectivity index (χ2n) is 7.14. The maximum atomic E-state index is 14.3. The van der Waals surface area contributed by atoms with Gasteiger partial charge in [0.25, 0.3) is 10.0 Å². The number of carboxylic acid groups (broad SMARTS) is 1. The molecule has 4 rings (SSSR count). The van der Waals surface area contributed by atoms with Gasteiger partial charge in [0.15, 0.2) is 0 Å². The highest BCUT2D eigenvalue weighted by Crippen LogP contribution is 2.43. The van der Waals surface area contributed by atoms with E-state index in [1.54, 1.807) is 0 Å². The highest BCUT2D eigenvalue weighted by Gasteiger charge is 2.31. The monoisotopic (exact) mass is 437 g/mol. The van der Waals surface area contributed by atoms with Crippen LogP contribution in [-0.2, 0) is 10.0 Å². The van der Waals surface area contributed by atoms with Gasteiger partial charge in [-0.1, -0.05) is 6.07 Å². The zero-order valence-electron chi connectivity index (χ0n) is 16.0. The van der Waals surface area contributed by atoms with Crippen molar-refractivity contribution in [3.05, 3.63) is 77.2 Å². The van der Waals surface area contributed by atoms with Crippen molar-refractivity contribution in [2.75, 3.05) is 4.72 Å². The number of carbonyl (C=O) groups is 1. The molecule has 2 aromatic carbocycles. The number of nitriles is 1. The Bertz CT molecular complexity index is 1350. The number of anilines is 1. The first-order valence-electron chi connectivity index (χ1n) is 9.35. The predicted octanol–water partition coefficient (Wildman–Crippen LogP) is 4.14. The fourth-order valence-electron chi connectivity index (χ4n) is 3.32. The van der Waals surface area contributed by atoms with Crippen molar-refractivity contribution in [1.82, 2.24) is 4.98 Å². The molecule has 0 saturated heterocycles. The van der Waals surface area contributed by atoms with Crippen LogP contribution >= 0.6 is 0 Å². The average Bonchev–Trinajstić information content (AvgIpc) is 3.59. The first-order valence-corrected chi connectivity index (χ1v) is 10.8. The molecule has 1 heterocycles. The van der Waals surface area contributed by atoms with Gasteiger partial charge < -0.3 is 5.11 Å². The molecule has 31 heavy (non-hydrogen) atoms. The summed E-state index contributed by atoms with van der Waals surface area (Å²) < 4.78 is 43.4. The largest absolute Gasteiger partial charge is 0.478 e. The van der Waals surface area contributed by atoms with Crippen molar-refractivity contribution in [1.29, 1.82) is 5.26 Å². The van der Waals surface area contributed by atoms with E-state index in [4.69, 9.17) is 0 Å². The van der Waals surface area contributed by atoms with Crippen LogP contribution in [0.5, 0.6) is 0 Å². The van der Waals surface area contributed by atoms with Crippen molar-refractivity contribution >= 4 is 21.7 Å². The number of hydrogen-bond acceptors (Lipinski definition) is 5. The molecule has 156 valence electrons. The third-order valence-electron chi connectivity index (χ3n) is 4.97. The Kier molecular flexibility index (Phi) is 5.17. The van der Waals surface area contributed by atoms with Crippen molar-refractivity contribution < 1.29 is 22.7 Å². The van der Waals surface area contributed by atoms with E-state index in [2.05, 4.69) is 9.71 Å². The van der Waals surface area contributed by atoms with Gasteiger partial charge >= 0.3 is 5.97 Å². The van der Waals surface area contributed by atoms with E-state index in [9.17, 15) is 28.0 Å². The lowest BCUT2D eigenvalue weighted by molar-refractivity contribution is 0.0696. The van der Waals surface area contributed by atoms with Crippen LogP contribution in [-0.4, -0.2) is 24.5 Å². The molecule has 3 aromatic rings. The molecule has 7 nitrogen and oxygen atoms in total. The van der Waals surface area contributed by atoms with Gasteiger partial charge in [0.1, 0.15) is 11.5 Å². The zero-order valence-corrected chi connectivity index (χ0v) is 16.9. The number of pyridine rings is 1. The maximum Gasteiger partial charge on any atom is 0.335 e. The molecule has 1 saturated carbocycles. The molecular formula is C22H16FN3O4S. The molecule has 0 unspecified atom stereocenters. The molecule has 1 aliphatic rings. The lowest BCUT2D eigenvalue weighted by Crippen LogP contribution is -2.17. The normalized spacial score (nSPS) is 13.4. The average molecular weight is 437 g/mol. The number of sulfonamides is 1. The van der Waals surface area contributed by atoms with E-state index < -0.39 is 21.8 Å². The Morgan fingerprint density at radius 2 is 1.97 bits per heavy atom. The molecule has 0 spiro atoms. The number of carboxylic acids is 1. The van der Waals surface area contributed by atoms with Crippen molar-refractivity contribution in [3.63, 3.8) is 0 Å². The van der Waals surface area contributed by atoms with E-state index >= 15 is 0 Å². The van der Waals surface area contributed by atoms with Crippen LogP contribution in [0.2, 0.25) is 0 Å². The number of nitrogens with zero attached hydrogens (tertiary/aromatic N) is 2. The molecule has 0 atom stereocenters. The fourth-order valence-corrected chi connectivity index (χ4v) is 4.72. The van der Waals surface area contributed by atoms with Gasteiger partial charge in [0.2, 0.25) is 0 Å². The fraction of sp³-hybridized carbons (Fsp3) is 0.136. The molecule has 1 aliphatic carbocycles. The number of nitrogens with one attached hydrogen (secondary N) is 1. The van der Waals surface area contributed by atoms with E-state index in [0.29, 0.717) is 5.56 Å². The number of rotatable bonds is 6. The van der Waals surface area contributed by atoms with Crippen LogP contribution in [0.3, 0.4) is 0 Å². The zero-order chi connectivity index (χ0) is 22.2. The molecule has 1 fully saturated rings. The van der Waals surface area contributed by atoms with Gasteiger partial charge in [0, 0.05) is 11.8 Å². The number of hydrogen-bond donors (Lipinski definition) is 2. The van der Waals surface area contributed by atoms with Crippen molar-refractivity contribution in [2.45, 2.75) is 23.7 Å². The molecule has 9 heteroatoms. The lowest BCUT2D eigenvalue weighted by atomic mass is 10.1. The Hall–Kier alpha value is -3.77.